The van der Waals surface area contributed by atoms with Crippen LogP contribution in [0.4, 0.5) is 8.78 Å². The van der Waals surface area contributed by atoms with Crippen LogP contribution in [0.1, 0.15) is 18.5 Å². The number of aliphatic hydroxyl groups excluding tert-OH is 2. The summed E-state index contributed by atoms with van der Waals surface area (Å²) in [5.74, 6) is -0.918. The molecule has 1 saturated heterocycles. The predicted octanol–water partition coefficient (Wildman–Crippen LogP) is -1.21. The van der Waals surface area contributed by atoms with E-state index in [9.17, 15) is 28.4 Å². The van der Waals surface area contributed by atoms with Crippen LogP contribution < -0.4 is 5.56 Å². The molecule has 2 aromatic rings. The Hall–Kier alpha value is -1.80. The van der Waals surface area contributed by atoms with Gasteiger partial charge in [0.15, 0.2) is 23.2 Å². The van der Waals surface area contributed by atoms with Crippen molar-refractivity contribution in [2.45, 2.75) is 31.0 Å². The van der Waals surface area contributed by atoms with Crippen LogP contribution in [0.25, 0.3) is 11.2 Å². The first-order valence-electron chi connectivity index (χ1n) is 7.05. The van der Waals surface area contributed by atoms with E-state index < -0.39 is 56.8 Å². The van der Waals surface area contributed by atoms with Crippen LogP contribution in [0.5, 0.6) is 0 Å². The molecule has 15 heteroatoms. The van der Waals surface area contributed by atoms with Crippen molar-refractivity contribution >= 4 is 19.0 Å². The number of halogens is 2. The lowest BCUT2D eigenvalue weighted by Gasteiger charge is -2.16. The van der Waals surface area contributed by atoms with Gasteiger partial charge in [0.1, 0.15) is 18.3 Å². The van der Waals surface area contributed by atoms with Crippen molar-refractivity contribution in [2.24, 2.45) is 0 Å². The van der Waals surface area contributed by atoms with Crippen LogP contribution >= 0.6 is 7.82 Å². The van der Waals surface area contributed by atoms with Gasteiger partial charge in [-0.3, -0.25) is 13.9 Å². The molecule has 26 heavy (non-hydrogen) atoms. The van der Waals surface area contributed by atoms with Crippen molar-refractivity contribution in [3.05, 3.63) is 22.5 Å². The van der Waals surface area contributed by atoms with Gasteiger partial charge < -0.3 is 29.7 Å². The SMILES string of the molecule is O=c1[nH]c(C(F)F)nc2c1ncn2[C@H]1O[C@@H](COP(=O)(O)O)[C@H](O)[C@@H]1O. The molecular formula is C11H13F2N4O8P. The molecule has 144 valence electrons. The number of H-pyrrole nitrogens is 1. The number of nitrogens with zero attached hydrogens (tertiary/aromatic N) is 3. The minimum absolute atomic E-state index is 0.297. The summed E-state index contributed by atoms with van der Waals surface area (Å²) in [5, 5.41) is 20.0. The standard InChI is InChI=1S/C11H13F2N4O8P/c12-7(13)8-15-9-4(10(20)16-8)14-2-17(9)11-6(19)5(18)3(25-11)1-24-26(21,22)23/h2-3,5-7,11,18-19H,1H2,(H,15,16,20)(H2,21,22,23)/t3-,5-,6-,11-/m0/s1. The van der Waals surface area contributed by atoms with Crippen molar-refractivity contribution in [3.63, 3.8) is 0 Å². The summed E-state index contributed by atoms with van der Waals surface area (Å²) >= 11 is 0. The summed E-state index contributed by atoms with van der Waals surface area (Å²) in [5.41, 5.74) is -1.55. The summed E-state index contributed by atoms with van der Waals surface area (Å²) in [6.45, 7) is -0.748. The lowest BCUT2D eigenvalue weighted by Crippen LogP contribution is -2.33. The fourth-order valence-corrected chi connectivity index (χ4v) is 2.84. The Morgan fingerprint density at radius 1 is 1.38 bits per heavy atom. The molecule has 0 saturated carbocycles. The van der Waals surface area contributed by atoms with Gasteiger partial charge in [-0.2, -0.15) is 0 Å². The highest BCUT2D eigenvalue weighted by Crippen LogP contribution is 2.38. The van der Waals surface area contributed by atoms with Gasteiger partial charge in [0.25, 0.3) is 12.0 Å². The van der Waals surface area contributed by atoms with Crippen LogP contribution in [0.2, 0.25) is 0 Å². The number of hydrogen-bond donors (Lipinski definition) is 5. The Labute approximate surface area is 142 Å². The smallest absolute Gasteiger partial charge is 0.387 e. The van der Waals surface area contributed by atoms with E-state index in [1.807, 2.05) is 4.98 Å². The molecular weight excluding hydrogens is 385 g/mol. The topological polar surface area (TPSA) is 180 Å². The van der Waals surface area contributed by atoms with Crippen molar-refractivity contribution in [1.29, 1.82) is 0 Å². The second-order valence-electron chi connectivity index (χ2n) is 5.41. The van der Waals surface area contributed by atoms with Crippen LogP contribution in [0.3, 0.4) is 0 Å². The Balaban J connectivity index is 1.93. The number of alkyl halides is 2. The molecule has 1 aliphatic rings. The molecule has 5 N–H and O–H groups in total. The Kier molecular flexibility index (Phi) is 4.92. The molecule has 0 aromatic carbocycles. The number of rotatable bonds is 5. The van der Waals surface area contributed by atoms with E-state index in [4.69, 9.17) is 14.5 Å². The molecule has 0 bridgehead atoms. The molecule has 0 amide bonds. The molecule has 3 heterocycles. The highest BCUT2D eigenvalue weighted by atomic mass is 31.2. The number of aromatic amines is 1. The predicted molar refractivity (Wildman–Crippen MR) is 77.0 cm³/mol. The Bertz CT molecular complexity index is 913. The summed E-state index contributed by atoms with van der Waals surface area (Å²) in [6, 6.07) is 0. The van der Waals surface area contributed by atoms with E-state index in [-0.39, 0.29) is 11.2 Å². The largest absolute Gasteiger partial charge is 0.469 e. The molecule has 1 fully saturated rings. The summed E-state index contributed by atoms with van der Waals surface area (Å²) in [7, 11) is -4.84. The number of fused-ring (bicyclic) bond motifs is 1. The van der Waals surface area contributed by atoms with Crippen molar-refractivity contribution in [2.75, 3.05) is 6.61 Å². The van der Waals surface area contributed by atoms with E-state index in [1.165, 1.54) is 0 Å². The van der Waals surface area contributed by atoms with E-state index >= 15 is 0 Å². The van der Waals surface area contributed by atoms with E-state index in [1.54, 1.807) is 0 Å². The van der Waals surface area contributed by atoms with E-state index in [0.29, 0.717) is 0 Å². The van der Waals surface area contributed by atoms with Crippen LogP contribution in [0, 0.1) is 0 Å². The minimum Gasteiger partial charge on any atom is -0.387 e. The molecule has 2 aromatic heterocycles. The monoisotopic (exact) mass is 398 g/mol. The maximum atomic E-state index is 12.8. The number of phosphoric acid groups is 1. The van der Waals surface area contributed by atoms with Gasteiger partial charge in [-0.25, -0.2) is 23.3 Å². The van der Waals surface area contributed by atoms with Crippen LogP contribution in [-0.4, -0.2) is 64.4 Å². The highest BCUT2D eigenvalue weighted by molar-refractivity contribution is 7.46. The lowest BCUT2D eigenvalue weighted by atomic mass is 10.1. The quantitative estimate of drug-likeness (QED) is 0.383. The number of ether oxygens (including phenoxy) is 1. The molecule has 1 aliphatic heterocycles. The molecule has 12 nitrogen and oxygen atoms in total. The van der Waals surface area contributed by atoms with Crippen molar-refractivity contribution in [3.8, 4) is 0 Å². The van der Waals surface area contributed by atoms with Crippen LogP contribution in [-0.2, 0) is 13.8 Å². The molecule has 0 radical (unpaired) electrons. The molecule has 3 rings (SSSR count). The van der Waals surface area contributed by atoms with Gasteiger partial charge in [0, 0.05) is 0 Å². The maximum absolute atomic E-state index is 12.8. The van der Waals surface area contributed by atoms with Crippen molar-refractivity contribution in [1.82, 2.24) is 19.5 Å². The zero-order valence-corrected chi connectivity index (χ0v) is 13.5. The first kappa shape index (κ1) is 19.0. The first-order valence-corrected chi connectivity index (χ1v) is 8.58. The summed E-state index contributed by atoms with van der Waals surface area (Å²) in [6.07, 6.45) is -8.05. The average molecular weight is 398 g/mol. The van der Waals surface area contributed by atoms with Gasteiger partial charge >= 0.3 is 7.82 Å². The number of phosphoric ester groups is 1. The van der Waals surface area contributed by atoms with Crippen molar-refractivity contribution < 1.29 is 42.6 Å². The van der Waals surface area contributed by atoms with Crippen LogP contribution in [0.15, 0.2) is 11.1 Å². The summed E-state index contributed by atoms with van der Waals surface area (Å²) < 4.78 is 46.9. The molecule has 0 aliphatic carbocycles. The Morgan fingerprint density at radius 3 is 2.69 bits per heavy atom. The van der Waals surface area contributed by atoms with Gasteiger partial charge in [-0.1, -0.05) is 0 Å². The third-order valence-corrected chi connectivity index (χ3v) is 4.16. The van der Waals surface area contributed by atoms with Gasteiger partial charge in [-0.05, 0) is 0 Å². The van der Waals surface area contributed by atoms with Gasteiger partial charge in [-0.15, -0.1) is 0 Å². The molecule has 0 spiro atoms. The highest BCUT2D eigenvalue weighted by Gasteiger charge is 2.45. The molecule has 0 unspecified atom stereocenters. The number of imidazole rings is 1. The van der Waals surface area contributed by atoms with Gasteiger partial charge in [0.05, 0.1) is 12.9 Å². The fourth-order valence-electron chi connectivity index (χ4n) is 2.50. The number of aromatic nitrogens is 4. The third-order valence-electron chi connectivity index (χ3n) is 3.68. The third kappa shape index (κ3) is 3.53. The second kappa shape index (κ2) is 6.74. The number of aliphatic hydroxyl groups is 2. The summed E-state index contributed by atoms with van der Waals surface area (Å²) in [4.78, 5) is 38.3. The maximum Gasteiger partial charge on any atom is 0.469 e. The van der Waals surface area contributed by atoms with E-state index in [0.717, 1.165) is 10.9 Å². The zero-order valence-electron chi connectivity index (χ0n) is 12.6. The zero-order chi connectivity index (χ0) is 19.2. The first-order chi connectivity index (χ1) is 12.1. The Morgan fingerprint density at radius 2 is 2.08 bits per heavy atom. The minimum atomic E-state index is -4.84. The number of nitrogens with one attached hydrogen (secondary N) is 1. The fraction of sp³-hybridized carbons (Fsp3) is 0.545. The van der Waals surface area contributed by atoms with Gasteiger partial charge in [0.2, 0.25) is 0 Å². The lowest BCUT2D eigenvalue weighted by molar-refractivity contribution is -0.0504. The number of hydrogen-bond acceptors (Lipinski definition) is 8. The van der Waals surface area contributed by atoms with E-state index in [2.05, 4.69) is 14.5 Å². The normalized spacial score (nSPS) is 26.9. The molecule has 4 atom stereocenters. The second-order valence-corrected chi connectivity index (χ2v) is 6.65. The average Bonchev–Trinajstić information content (AvgIpc) is 3.08.